The smallest absolute Gasteiger partial charge is 0.364 e. The molecule has 0 saturated heterocycles. The van der Waals surface area contributed by atoms with Crippen LogP contribution in [0.2, 0.25) is 0 Å². The minimum absolute atomic E-state index is 0.318. The Bertz CT molecular complexity index is 617. The summed E-state index contributed by atoms with van der Waals surface area (Å²) < 4.78 is 5.97. The summed E-state index contributed by atoms with van der Waals surface area (Å²) >= 11 is 0. The molecule has 8 heteroatoms. The zero-order valence-electron chi connectivity index (χ0n) is 10.0. The fraction of sp³-hybridized carbons (Fsp3) is 0.400. The Morgan fingerprint density at radius 2 is 2.39 bits per heavy atom. The van der Waals surface area contributed by atoms with Gasteiger partial charge in [0.05, 0.1) is 6.61 Å². The number of H-pyrrole nitrogens is 1. The topological polar surface area (TPSA) is 101 Å². The number of nitrogens with one attached hydrogen (secondary N) is 2. The molecule has 2 aromatic heterocycles. The van der Waals surface area contributed by atoms with E-state index >= 15 is 0 Å². The standard InChI is InChI=1S/C10H13N5O3/c1-3-18-9(16)6(2)11-7-4-5-8-12-13-10(17)15(8)14-7/h4-6H,3H2,1-2H3,(H,11,14)(H,13,17). The lowest BCUT2D eigenvalue weighted by Crippen LogP contribution is -2.29. The summed E-state index contributed by atoms with van der Waals surface area (Å²) in [5.41, 5.74) is -0.0215. The summed E-state index contributed by atoms with van der Waals surface area (Å²) in [6.07, 6.45) is 0. The van der Waals surface area contributed by atoms with E-state index in [0.29, 0.717) is 18.1 Å². The number of esters is 1. The van der Waals surface area contributed by atoms with E-state index in [2.05, 4.69) is 20.6 Å². The number of hydrogen-bond acceptors (Lipinski definition) is 6. The minimum Gasteiger partial charge on any atom is -0.464 e. The zero-order valence-corrected chi connectivity index (χ0v) is 10.0. The Labute approximate surface area is 102 Å². The summed E-state index contributed by atoms with van der Waals surface area (Å²) in [7, 11) is 0. The van der Waals surface area contributed by atoms with Gasteiger partial charge >= 0.3 is 11.7 Å². The Morgan fingerprint density at radius 3 is 3.11 bits per heavy atom. The van der Waals surface area contributed by atoms with E-state index in [1.807, 2.05) is 0 Å². The van der Waals surface area contributed by atoms with Gasteiger partial charge in [0.15, 0.2) is 5.65 Å². The second kappa shape index (κ2) is 4.86. The maximum Gasteiger partial charge on any atom is 0.364 e. The number of hydrogen-bond donors (Lipinski definition) is 2. The highest BCUT2D eigenvalue weighted by Crippen LogP contribution is 2.05. The molecule has 0 saturated carbocycles. The normalized spacial score (nSPS) is 12.3. The molecule has 2 N–H and O–H groups in total. The lowest BCUT2D eigenvalue weighted by molar-refractivity contribution is -0.143. The lowest BCUT2D eigenvalue weighted by Gasteiger charge is -2.12. The van der Waals surface area contributed by atoms with Crippen molar-refractivity contribution in [2.45, 2.75) is 19.9 Å². The summed E-state index contributed by atoms with van der Waals surface area (Å²) in [5.74, 6) is 0.0190. The van der Waals surface area contributed by atoms with E-state index in [1.165, 1.54) is 0 Å². The number of rotatable bonds is 4. The molecule has 2 heterocycles. The van der Waals surface area contributed by atoms with Crippen molar-refractivity contribution in [3.63, 3.8) is 0 Å². The second-order valence-corrected chi connectivity index (χ2v) is 3.64. The molecule has 0 fully saturated rings. The van der Waals surface area contributed by atoms with Gasteiger partial charge in [0.2, 0.25) is 0 Å². The van der Waals surface area contributed by atoms with Crippen molar-refractivity contribution >= 4 is 17.4 Å². The van der Waals surface area contributed by atoms with Crippen molar-refractivity contribution in [2.75, 3.05) is 11.9 Å². The molecule has 0 spiro atoms. The molecule has 0 aliphatic rings. The molecule has 1 atom stereocenters. The van der Waals surface area contributed by atoms with Crippen LogP contribution < -0.4 is 11.0 Å². The Morgan fingerprint density at radius 1 is 1.61 bits per heavy atom. The number of aromatic amines is 1. The highest BCUT2D eigenvalue weighted by atomic mass is 16.5. The lowest BCUT2D eigenvalue weighted by atomic mass is 10.3. The molecule has 0 bridgehead atoms. The van der Waals surface area contributed by atoms with Gasteiger partial charge in [-0.1, -0.05) is 0 Å². The van der Waals surface area contributed by atoms with Crippen LogP contribution in [0.3, 0.4) is 0 Å². The van der Waals surface area contributed by atoms with Crippen LogP contribution in [0.5, 0.6) is 0 Å². The minimum atomic E-state index is -0.544. The highest BCUT2D eigenvalue weighted by molar-refractivity contribution is 5.78. The maximum absolute atomic E-state index is 11.4. The van der Waals surface area contributed by atoms with Crippen LogP contribution >= 0.6 is 0 Å². The molecule has 1 unspecified atom stereocenters. The zero-order chi connectivity index (χ0) is 13.1. The molecule has 0 aliphatic carbocycles. The van der Waals surface area contributed by atoms with Crippen molar-refractivity contribution in [3.05, 3.63) is 22.6 Å². The molecule has 0 aromatic carbocycles. The first-order valence-electron chi connectivity index (χ1n) is 5.49. The van der Waals surface area contributed by atoms with Crippen LogP contribution in [-0.2, 0) is 9.53 Å². The molecule has 8 nitrogen and oxygen atoms in total. The van der Waals surface area contributed by atoms with Crippen LogP contribution in [0.25, 0.3) is 5.65 Å². The summed E-state index contributed by atoms with van der Waals surface area (Å²) in [5, 5.41) is 12.9. The number of aromatic nitrogens is 4. The first kappa shape index (κ1) is 12.1. The van der Waals surface area contributed by atoms with Crippen LogP contribution in [-0.4, -0.2) is 38.4 Å². The van der Waals surface area contributed by atoms with E-state index in [9.17, 15) is 9.59 Å². The number of ether oxygens (including phenoxy) is 1. The molecular formula is C10H13N5O3. The van der Waals surface area contributed by atoms with Gasteiger partial charge in [0.25, 0.3) is 0 Å². The predicted molar refractivity (Wildman–Crippen MR) is 63.3 cm³/mol. The van der Waals surface area contributed by atoms with Crippen molar-refractivity contribution in [1.29, 1.82) is 0 Å². The number of carbonyl (C=O) groups excluding carboxylic acids is 1. The van der Waals surface area contributed by atoms with E-state index in [4.69, 9.17) is 4.74 Å². The van der Waals surface area contributed by atoms with Gasteiger partial charge < -0.3 is 10.1 Å². The number of fused-ring (bicyclic) bond motifs is 1. The van der Waals surface area contributed by atoms with Crippen LogP contribution in [0, 0.1) is 0 Å². The molecule has 2 aromatic rings. The Hall–Kier alpha value is -2.38. The second-order valence-electron chi connectivity index (χ2n) is 3.64. The number of carbonyl (C=O) groups is 1. The molecule has 0 aliphatic heterocycles. The molecule has 96 valence electrons. The number of anilines is 1. The molecule has 2 rings (SSSR count). The van der Waals surface area contributed by atoms with Crippen LogP contribution in [0.1, 0.15) is 13.8 Å². The Balaban J connectivity index is 2.19. The average Bonchev–Trinajstić information content (AvgIpc) is 2.71. The fourth-order valence-corrected chi connectivity index (χ4v) is 1.43. The van der Waals surface area contributed by atoms with Crippen molar-refractivity contribution in [1.82, 2.24) is 19.8 Å². The van der Waals surface area contributed by atoms with Gasteiger partial charge in [-0.05, 0) is 26.0 Å². The first-order chi connectivity index (χ1) is 8.61. The molecule has 18 heavy (non-hydrogen) atoms. The van der Waals surface area contributed by atoms with E-state index in [-0.39, 0.29) is 5.97 Å². The largest absolute Gasteiger partial charge is 0.464 e. The Kier molecular flexibility index (Phi) is 3.26. The third kappa shape index (κ3) is 2.31. The monoisotopic (exact) mass is 251 g/mol. The summed E-state index contributed by atoms with van der Waals surface area (Å²) in [6, 6.07) is 2.70. The van der Waals surface area contributed by atoms with Gasteiger partial charge in [-0.15, -0.1) is 5.10 Å². The van der Waals surface area contributed by atoms with Crippen molar-refractivity contribution in [3.8, 4) is 0 Å². The SMILES string of the molecule is CCOC(=O)C(C)Nc1ccc2n[nH]c(=O)n2n1. The molecule has 0 amide bonds. The maximum atomic E-state index is 11.4. The van der Waals surface area contributed by atoms with Gasteiger partial charge in [-0.25, -0.2) is 14.7 Å². The fourth-order valence-electron chi connectivity index (χ4n) is 1.43. The van der Waals surface area contributed by atoms with Gasteiger partial charge in [-0.2, -0.15) is 9.61 Å². The van der Waals surface area contributed by atoms with Gasteiger partial charge in [-0.3, -0.25) is 0 Å². The predicted octanol–water partition coefficient (Wildman–Crippen LogP) is -0.219. The van der Waals surface area contributed by atoms with Crippen LogP contribution in [0.15, 0.2) is 16.9 Å². The number of nitrogens with zero attached hydrogens (tertiary/aromatic N) is 3. The third-order valence-corrected chi connectivity index (χ3v) is 2.28. The molecule has 0 radical (unpaired) electrons. The van der Waals surface area contributed by atoms with E-state index in [0.717, 1.165) is 4.52 Å². The highest BCUT2D eigenvalue weighted by Gasteiger charge is 2.14. The third-order valence-electron chi connectivity index (χ3n) is 2.28. The molecular weight excluding hydrogens is 238 g/mol. The van der Waals surface area contributed by atoms with Crippen LogP contribution in [0.4, 0.5) is 5.82 Å². The summed E-state index contributed by atoms with van der Waals surface area (Å²) in [4.78, 5) is 22.7. The quantitative estimate of drug-likeness (QED) is 0.728. The first-order valence-corrected chi connectivity index (χ1v) is 5.49. The van der Waals surface area contributed by atoms with Gasteiger partial charge in [0.1, 0.15) is 11.9 Å². The van der Waals surface area contributed by atoms with Gasteiger partial charge in [0, 0.05) is 0 Å². The van der Waals surface area contributed by atoms with Crippen molar-refractivity contribution < 1.29 is 9.53 Å². The van der Waals surface area contributed by atoms with Crippen molar-refractivity contribution in [2.24, 2.45) is 0 Å². The van der Waals surface area contributed by atoms with E-state index < -0.39 is 11.7 Å². The average molecular weight is 251 g/mol. The van der Waals surface area contributed by atoms with E-state index in [1.54, 1.807) is 26.0 Å². The summed E-state index contributed by atoms with van der Waals surface area (Å²) in [6.45, 7) is 3.71.